The molecule has 0 spiro atoms. The van der Waals surface area contributed by atoms with Crippen LogP contribution in [0.5, 0.6) is 0 Å². The topological polar surface area (TPSA) is 17.8 Å². The van der Waals surface area contributed by atoms with Crippen molar-refractivity contribution in [3.8, 4) is 0 Å². The van der Waals surface area contributed by atoms with E-state index in [1.54, 1.807) is 0 Å². The van der Waals surface area contributed by atoms with Crippen LogP contribution >= 0.6 is 0 Å². The SMILES string of the molecule is C1=C[C@H]2C[C@H]1C[C@H]2Cn1cccn1. The highest BCUT2D eigenvalue weighted by Crippen LogP contribution is 2.43. The van der Waals surface area contributed by atoms with Crippen molar-refractivity contribution >= 4 is 0 Å². The van der Waals surface area contributed by atoms with E-state index in [4.69, 9.17) is 0 Å². The third kappa shape index (κ3) is 1.21. The van der Waals surface area contributed by atoms with E-state index in [0.29, 0.717) is 0 Å². The van der Waals surface area contributed by atoms with Crippen molar-refractivity contribution in [2.45, 2.75) is 19.4 Å². The fourth-order valence-electron chi connectivity index (χ4n) is 2.75. The summed E-state index contributed by atoms with van der Waals surface area (Å²) in [5.74, 6) is 2.56. The van der Waals surface area contributed by atoms with Crippen LogP contribution in [0.25, 0.3) is 0 Å². The lowest BCUT2D eigenvalue weighted by Crippen LogP contribution is -2.15. The van der Waals surface area contributed by atoms with Gasteiger partial charge in [0.05, 0.1) is 0 Å². The molecule has 2 aliphatic rings. The van der Waals surface area contributed by atoms with Crippen LogP contribution in [0.15, 0.2) is 30.6 Å². The molecule has 3 rings (SSSR count). The standard InChI is InChI=1S/C11H14N2/c1-4-12-13(5-1)8-11-7-9-2-3-10(11)6-9/h1-5,9-11H,6-8H2/t9-,10-,11-/m0/s1. The van der Waals surface area contributed by atoms with Crippen molar-refractivity contribution in [2.24, 2.45) is 17.8 Å². The van der Waals surface area contributed by atoms with Crippen LogP contribution in [0.2, 0.25) is 0 Å². The molecule has 3 atom stereocenters. The molecule has 0 aromatic carbocycles. The summed E-state index contributed by atoms with van der Waals surface area (Å²) in [6.45, 7) is 1.11. The van der Waals surface area contributed by atoms with Crippen molar-refractivity contribution in [1.82, 2.24) is 9.78 Å². The molecule has 0 unspecified atom stereocenters. The highest BCUT2D eigenvalue weighted by molar-refractivity contribution is 5.09. The lowest BCUT2D eigenvalue weighted by atomic mass is 9.94. The van der Waals surface area contributed by atoms with E-state index in [0.717, 1.165) is 24.3 Å². The summed E-state index contributed by atoms with van der Waals surface area (Å²) < 4.78 is 2.07. The normalized spacial score (nSPS) is 35.8. The number of aromatic nitrogens is 2. The second-order valence-electron chi connectivity index (χ2n) is 4.27. The summed E-state index contributed by atoms with van der Waals surface area (Å²) in [7, 11) is 0. The molecule has 2 bridgehead atoms. The molecule has 0 amide bonds. The van der Waals surface area contributed by atoms with E-state index >= 15 is 0 Å². The quantitative estimate of drug-likeness (QED) is 0.628. The maximum absolute atomic E-state index is 4.26. The van der Waals surface area contributed by atoms with Crippen molar-refractivity contribution in [3.05, 3.63) is 30.6 Å². The maximum Gasteiger partial charge on any atom is 0.0489 e. The first-order chi connectivity index (χ1) is 6.42. The van der Waals surface area contributed by atoms with Gasteiger partial charge in [-0.05, 0) is 36.7 Å². The van der Waals surface area contributed by atoms with Crippen LogP contribution in [0.3, 0.4) is 0 Å². The Kier molecular flexibility index (Phi) is 1.54. The van der Waals surface area contributed by atoms with E-state index < -0.39 is 0 Å². The number of rotatable bonds is 2. The monoisotopic (exact) mass is 174 g/mol. The van der Waals surface area contributed by atoms with Gasteiger partial charge in [0.15, 0.2) is 0 Å². The molecule has 0 radical (unpaired) electrons. The third-order valence-corrected chi connectivity index (χ3v) is 3.40. The minimum absolute atomic E-state index is 0.842. The maximum atomic E-state index is 4.26. The minimum Gasteiger partial charge on any atom is -0.272 e. The van der Waals surface area contributed by atoms with Crippen LogP contribution in [0.1, 0.15) is 12.8 Å². The average molecular weight is 174 g/mol. The van der Waals surface area contributed by atoms with Crippen molar-refractivity contribution < 1.29 is 0 Å². The van der Waals surface area contributed by atoms with E-state index in [1.807, 2.05) is 12.3 Å². The Bertz CT molecular complexity index is 313. The van der Waals surface area contributed by atoms with E-state index in [-0.39, 0.29) is 0 Å². The zero-order chi connectivity index (χ0) is 8.67. The second-order valence-corrected chi connectivity index (χ2v) is 4.27. The Labute approximate surface area is 78.3 Å². The average Bonchev–Trinajstić information content (AvgIpc) is 2.77. The van der Waals surface area contributed by atoms with Crippen LogP contribution in [0.4, 0.5) is 0 Å². The van der Waals surface area contributed by atoms with Gasteiger partial charge in [-0.15, -0.1) is 0 Å². The summed E-state index contributed by atoms with van der Waals surface area (Å²) in [6, 6.07) is 2.00. The number of hydrogen-bond acceptors (Lipinski definition) is 1. The summed E-state index contributed by atoms with van der Waals surface area (Å²) in [5.41, 5.74) is 0. The van der Waals surface area contributed by atoms with Crippen molar-refractivity contribution in [2.75, 3.05) is 0 Å². The molecule has 0 N–H and O–H groups in total. The Balaban J connectivity index is 1.72. The van der Waals surface area contributed by atoms with Crippen LogP contribution in [-0.4, -0.2) is 9.78 Å². The molecule has 1 aromatic heterocycles. The lowest BCUT2D eigenvalue weighted by molar-refractivity contribution is 0.365. The number of allylic oxidation sites excluding steroid dienone is 2. The molecule has 2 nitrogen and oxygen atoms in total. The largest absolute Gasteiger partial charge is 0.272 e. The Morgan fingerprint density at radius 2 is 2.31 bits per heavy atom. The van der Waals surface area contributed by atoms with Gasteiger partial charge >= 0.3 is 0 Å². The van der Waals surface area contributed by atoms with E-state index in [9.17, 15) is 0 Å². The van der Waals surface area contributed by atoms with Gasteiger partial charge in [-0.25, -0.2) is 0 Å². The number of nitrogens with zero attached hydrogens (tertiary/aromatic N) is 2. The van der Waals surface area contributed by atoms with Gasteiger partial charge in [0, 0.05) is 18.9 Å². The molecule has 13 heavy (non-hydrogen) atoms. The zero-order valence-corrected chi connectivity index (χ0v) is 7.63. The lowest BCUT2D eigenvalue weighted by Gasteiger charge is -2.17. The van der Waals surface area contributed by atoms with Gasteiger partial charge in [-0.2, -0.15) is 5.10 Å². The molecule has 1 aromatic rings. The predicted octanol–water partition coefficient (Wildman–Crippen LogP) is 2.10. The Hall–Kier alpha value is -1.05. The molecule has 1 fully saturated rings. The molecule has 1 saturated carbocycles. The predicted molar refractivity (Wildman–Crippen MR) is 51.1 cm³/mol. The third-order valence-electron chi connectivity index (χ3n) is 3.40. The van der Waals surface area contributed by atoms with Gasteiger partial charge in [0.2, 0.25) is 0 Å². The van der Waals surface area contributed by atoms with E-state index in [2.05, 4.69) is 28.1 Å². The smallest absolute Gasteiger partial charge is 0.0489 e. The molecule has 68 valence electrons. The molecule has 0 saturated heterocycles. The fraction of sp³-hybridized carbons (Fsp3) is 0.545. The summed E-state index contributed by atoms with van der Waals surface area (Å²) >= 11 is 0. The highest BCUT2D eigenvalue weighted by atomic mass is 15.3. The van der Waals surface area contributed by atoms with Gasteiger partial charge in [-0.1, -0.05) is 12.2 Å². The first-order valence-electron chi connectivity index (χ1n) is 5.07. The number of fused-ring (bicyclic) bond motifs is 2. The molecular formula is C11H14N2. The van der Waals surface area contributed by atoms with Gasteiger partial charge in [0.25, 0.3) is 0 Å². The zero-order valence-electron chi connectivity index (χ0n) is 7.63. The summed E-state index contributed by atoms with van der Waals surface area (Å²) in [6.07, 6.45) is 11.5. The van der Waals surface area contributed by atoms with Gasteiger partial charge < -0.3 is 0 Å². The molecule has 0 aliphatic heterocycles. The first kappa shape index (κ1) is 7.36. The Morgan fingerprint density at radius 3 is 2.92 bits per heavy atom. The van der Waals surface area contributed by atoms with Gasteiger partial charge in [-0.3, -0.25) is 4.68 Å². The second kappa shape index (κ2) is 2.72. The molecule has 1 heterocycles. The molecular weight excluding hydrogens is 160 g/mol. The van der Waals surface area contributed by atoms with Gasteiger partial charge in [0.1, 0.15) is 0 Å². The summed E-state index contributed by atoms with van der Waals surface area (Å²) in [5, 5.41) is 4.26. The number of hydrogen-bond donors (Lipinski definition) is 0. The Morgan fingerprint density at radius 1 is 1.31 bits per heavy atom. The van der Waals surface area contributed by atoms with E-state index in [1.165, 1.54) is 12.8 Å². The highest BCUT2D eigenvalue weighted by Gasteiger charge is 2.35. The molecule has 2 aliphatic carbocycles. The van der Waals surface area contributed by atoms with Crippen LogP contribution in [-0.2, 0) is 6.54 Å². The molecule has 2 heteroatoms. The van der Waals surface area contributed by atoms with Crippen LogP contribution in [0, 0.1) is 17.8 Å². The van der Waals surface area contributed by atoms with Crippen molar-refractivity contribution in [3.63, 3.8) is 0 Å². The fourth-order valence-corrected chi connectivity index (χ4v) is 2.75. The first-order valence-corrected chi connectivity index (χ1v) is 5.07. The van der Waals surface area contributed by atoms with Crippen LogP contribution < -0.4 is 0 Å². The van der Waals surface area contributed by atoms with Crippen molar-refractivity contribution in [1.29, 1.82) is 0 Å². The summed E-state index contributed by atoms with van der Waals surface area (Å²) in [4.78, 5) is 0. The minimum atomic E-state index is 0.842.